The van der Waals surface area contributed by atoms with Crippen LogP contribution in [0.5, 0.6) is 0 Å². The number of carboxylic acid groups (broad SMARTS) is 1. The minimum atomic E-state index is -0.767. The van der Waals surface area contributed by atoms with E-state index < -0.39 is 11.9 Å². The number of hydrogen-bond acceptors (Lipinski definition) is 2. The van der Waals surface area contributed by atoms with Crippen molar-refractivity contribution in [3.63, 3.8) is 0 Å². The Hall–Kier alpha value is -1.35. The average molecular weight is 275 g/mol. The summed E-state index contributed by atoms with van der Waals surface area (Å²) >= 11 is 0. The van der Waals surface area contributed by atoms with Crippen LogP contribution in [0.1, 0.15) is 44.2 Å². The zero-order valence-electron chi connectivity index (χ0n) is 12.7. The predicted octanol–water partition coefficient (Wildman–Crippen LogP) is 3.35. The second-order valence-electron chi connectivity index (χ2n) is 6.44. The van der Waals surface area contributed by atoms with Gasteiger partial charge in [0.2, 0.25) is 0 Å². The second kappa shape index (κ2) is 6.40. The van der Waals surface area contributed by atoms with Crippen molar-refractivity contribution in [3.8, 4) is 0 Å². The summed E-state index contributed by atoms with van der Waals surface area (Å²) in [5.41, 5.74) is 2.15. The van der Waals surface area contributed by atoms with E-state index in [0.717, 1.165) is 37.0 Å². The molecule has 2 rings (SSSR count). The molecule has 3 atom stereocenters. The third kappa shape index (κ3) is 3.83. The number of carbonyl (C=O) groups is 1. The minimum absolute atomic E-state index is 0.431. The van der Waals surface area contributed by atoms with Crippen LogP contribution in [0.25, 0.3) is 0 Å². The zero-order valence-corrected chi connectivity index (χ0v) is 12.7. The van der Waals surface area contributed by atoms with Gasteiger partial charge in [0, 0.05) is 19.6 Å². The van der Waals surface area contributed by atoms with Gasteiger partial charge in [-0.15, -0.1) is 0 Å². The molecule has 110 valence electrons. The van der Waals surface area contributed by atoms with Crippen LogP contribution in [0.15, 0.2) is 24.3 Å². The van der Waals surface area contributed by atoms with Gasteiger partial charge in [0.15, 0.2) is 0 Å². The zero-order chi connectivity index (χ0) is 14.7. The number of hydrogen-bond donors (Lipinski definition) is 1. The van der Waals surface area contributed by atoms with E-state index in [1.165, 1.54) is 12.0 Å². The van der Waals surface area contributed by atoms with Crippen molar-refractivity contribution in [2.45, 2.75) is 39.7 Å². The summed E-state index contributed by atoms with van der Waals surface area (Å²) in [7, 11) is 0. The number of benzene rings is 1. The van der Waals surface area contributed by atoms with Crippen molar-refractivity contribution < 1.29 is 9.90 Å². The first-order valence-corrected chi connectivity index (χ1v) is 7.49. The molecule has 1 aliphatic rings. The molecule has 1 heterocycles. The van der Waals surface area contributed by atoms with Crippen LogP contribution in [0, 0.1) is 11.8 Å². The lowest BCUT2D eigenvalue weighted by atomic mass is 9.91. The van der Waals surface area contributed by atoms with Crippen LogP contribution in [-0.2, 0) is 11.3 Å². The lowest BCUT2D eigenvalue weighted by Gasteiger charge is -2.35. The fourth-order valence-corrected chi connectivity index (χ4v) is 3.23. The molecule has 0 aliphatic carbocycles. The van der Waals surface area contributed by atoms with Crippen LogP contribution >= 0.6 is 0 Å². The van der Waals surface area contributed by atoms with Gasteiger partial charge < -0.3 is 5.11 Å². The fraction of sp³-hybridized carbons (Fsp3) is 0.588. The number of carboxylic acids is 1. The molecule has 0 saturated carbocycles. The standard InChI is InChI=1S/C17H25NO2/c1-12-8-13(2)10-18(9-12)11-15-4-6-16(7-5-15)14(3)17(19)20/h4-7,12-14H,8-11H2,1-3H3,(H,19,20). The Morgan fingerprint density at radius 3 is 2.30 bits per heavy atom. The summed E-state index contributed by atoms with van der Waals surface area (Å²) in [6, 6.07) is 8.03. The van der Waals surface area contributed by atoms with Crippen molar-refractivity contribution >= 4 is 5.97 Å². The van der Waals surface area contributed by atoms with Crippen LogP contribution in [-0.4, -0.2) is 29.1 Å². The maximum atomic E-state index is 11.0. The van der Waals surface area contributed by atoms with Crippen LogP contribution < -0.4 is 0 Å². The molecule has 1 aliphatic heterocycles. The summed E-state index contributed by atoms with van der Waals surface area (Å²) in [6.07, 6.45) is 1.32. The fourth-order valence-electron chi connectivity index (χ4n) is 3.23. The molecule has 0 radical (unpaired) electrons. The van der Waals surface area contributed by atoms with Crippen LogP contribution in [0.2, 0.25) is 0 Å². The molecule has 1 aromatic carbocycles. The van der Waals surface area contributed by atoms with Crippen molar-refractivity contribution in [2.24, 2.45) is 11.8 Å². The van der Waals surface area contributed by atoms with Gasteiger partial charge in [-0.05, 0) is 36.3 Å². The van der Waals surface area contributed by atoms with Gasteiger partial charge in [0.1, 0.15) is 0 Å². The van der Waals surface area contributed by atoms with E-state index in [9.17, 15) is 4.79 Å². The topological polar surface area (TPSA) is 40.5 Å². The number of rotatable bonds is 4. The summed E-state index contributed by atoms with van der Waals surface area (Å²) < 4.78 is 0. The lowest BCUT2D eigenvalue weighted by molar-refractivity contribution is -0.138. The van der Waals surface area contributed by atoms with Gasteiger partial charge in [-0.25, -0.2) is 0 Å². The molecule has 0 amide bonds. The molecule has 0 aromatic heterocycles. The predicted molar refractivity (Wildman–Crippen MR) is 80.7 cm³/mol. The molecule has 0 spiro atoms. The van der Waals surface area contributed by atoms with E-state index in [1.54, 1.807) is 6.92 Å². The Labute approximate surface area is 121 Å². The van der Waals surface area contributed by atoms with Gasteiger partial charge in [0.05, 0.1) is 5.92 Å². The largest absolute Gasteiger partial charge is 0.481 e. The highest BCUT2D eigenvalue weighted by atomic mass is 16.4. The van der Waals surface area contributed by atoms with E-state index in [2.05, 4.69) is 30.9 Å². The Kier molecular flexibility index (Phi) is 4.81. The molecule has 1 N–H and O–H groups in total. The van der Waals surface area contributed by atoms with E-state index in [0.29, 0.717) is 0 Å². The molecule has 0 bridgehead atoms. The monoisotopic (exact) mass is 275 g/mol. The molecule has 1 saturated heterocycles. The van der Waals surface area contributed by atoms with Crippen molar-refractivity contribution in [2.75, 3.05) is 13.1 Å². The maximum Gasteiger partial charge on any atom is 0.310 e. The van der Waals surface area contributed by atoms with E-state index >= 15 is 0 Å². The smallest absolute Gasteiger partial charge is 0.310 e. The summed E-state index contributed by atoms with van der Waals surface area (Å²) in [5.74, 6) is 0.339. The molecule has 1 fully saturated rings. The second-order valence-corrected chi connectivity index (χ2v) is 6.44. The molecular formula is C17H25NO2. The minimum Gasteiger partial charge on any atom is -0.481 e. The van der Waals surface area contributed by atoms with Gasteiger partial charge >= 0.3 is 5.97 Å². The average Bonchev–Trinajstić information content (AvgIpc) is 2.37. The number of likely N-dealkylation sites (tertiary alicyclic amines) is 1. The van der Waals surface area contributed by atoms with Crippen molar-refractivity contribution in [1.29, 1.82) is 0 Å². The van der Waals surface area contributed by atoms with Crippen molar-refractivity contribution in [3.05, 3.63) is 35.4 Å². The SMILES string of the molecule is CC1CC(C)CN(Cc2ccc(C(C)C(=O)O)cc2)C1. The van der Waals surface area contributed by atoms with Gasteiger partial charge in [-0.3, -0.25) is 9.69 Å². The van der Waals surface area contributed by atoms with Crippen molar-refractivity contribution in [1.82, 2.24) is 4.90 Å². The highest BCUT2D eigenvalue weighted by Gasteiger charge is 2.21. The Balaban J connectivity index is 1.98. The first kappa shape index (κ1) is 15.0. The maximum absolute atomic E-state index is 11.0. The van der Waals surface area contributed by atoms with Gasteiger partial charge in [-0.2, -0.15) is 0 Å². The Morgan fingerprint density at radius 1 is 1.25 bits per heavy atom. The number of piperidine rings is 1. The number of nitrogens with zero attached hydrogens (tertiary/aromatic N) is 1. The van der Waals surface area contributed by atoms with Crippen LogP contribution in [0.3, 0.4) is 0 Å². The number of aliphatic carboxylic acids is 1. The van der Waals surface area contributed by atoms with E-state index in [-0.39, 0.29) is 0 Å². The molecule has 3 unspecified atom stereocenters. The highest BCUT2D eigenvalue weighted by molar-refractivity contribution is 5.75. The molecule has 3 nitrogen and oxygen atoms in total. The first-order chi connectivity index (χ1) is 9.45. The Bertz CT molecular complexity index is 445. The van der Waals surface area contributed by atoms with E-state index in [4.69, 9.17) is 5.11 Å². The Morgan fingerprint density at radius 2 is 1.80 bits per heavy atom. The molecule has 1 aromatic rings. The van der Waals surface area contributed by atoms with Gasteiger partial charge in [0.25, 0.3) is 0 Å². The first-order valence-electron chi connectivity index (χ1n) is 7.49. The quantitative estimate of drug-likeness (QED) is 0.916. The normalized spacial score (nSPS) is 25.4. The molecular weight excluding hydrogens is 250 g/mol. The summed E-state index contributed by atoms with van der Waals surface area (Å²) in [6.45, 7) is 9.66. The van der Waals surface area contributed by atoms with Gasteiger partial charge in [-0.1, -0.05) is 38.1 Å². The third-order valence-corrected chi connectivity index (χ3v) is 4.20. The highest BCUT2D eigenvalue weighted by Crippen LogP contribution is 2.23. The third-order valence-electron chi connectivity index (χ3n) is 4.20. The molecule has 20 heavy (non-hydrogen) atoms. The summed E-state index contributed by atoms with van der Waals surface area (Å²) in [4.78, 5) is 13.5. The molecule has 3 heteroatoms. The van der Waals surface area contributed by atoms with Crippen LogP contribution in [0.4, 0.5) is 0 Å². The lowest BCUT2D eigenvalue weighted by Crippen LogP contribution is -2.38. The van der Waals surface area contributed by atoms with E-state index in [1.807, 2.05) is 12.1 Å². The summed E-state index contributed by atoms with van der Waals surface area (Å²) in [5, 5.41) is 9.02.